The first-order valence-corrected chi connectivity index (χ1v) is 11.2. The molecule has 1 amide bonds. The maximum Gasteiger partial charge on any atom is 0.221 e. The lowest BCUT2D eigenvalue weighted by Crippen LogP contribution is -2.28. The second kappa shape index (κ2) is 10.4. The maximum atomic E-state index is 14.8. The van der Waals surface area contributed by atoms with E-state index >= 15 is 0 Å². The average Bonchev–Trinajstić information content (AvgIpc) is 3.28. The minimum atomic E-state index is -0.473. The fourth-order valence-corrected chi connectivity index (χ4v) is 4.20. The number of fused-ring (bicyclic) bond motifs is 1. The molecule has 2 heterocycles. The average molecular weight is 462 g/mol. The van der Waals surface area contributed by atoms with E-state index in [1.807, 2.05) is 47.9 Å². The van der Waals surface area contributed by atoms with Crippen molar-refractivity contribution < 1.29 is 18.7 Å². The van der Waals surface area contributed by atoms with Gasteiger partial charge in [0.15, 0.2) is 11.5 Å². The van der Waals surface area contributed by atoms with Crippen LogP contribution in [0.1, 0.15) is 34.7 Å². The predicted molar refractivity (Wildman–Crippen MR) is 129 cm³/mol. The van der Waals surface area contributed by atoms with Gasteiger partial charge in [0.25, 0.3) is 0 Å². The van der Waals surface area contributed by atoms with Crippen LogP contribution in [-0.4, -0.2) is 36.1 Å². The van der Waals surface area contributed by atoms with Crippen LogP contribution in [0.15, 0.2) is 67.0 Å². The van der Waals surface area contributed by atoms with Crippen molar-refractivity contribution in [3.8, 4) is 11.5 Å². The molecule has 1 N–H and O–H groups in total. The Bertz CT molecular complexity index is 1300. The van der Waals surface area contributed by atoms with Gasteiger partial charge in [0.2, 0.25) is 5.91 Å². The lowest BCUT2D eigenvalue weighted by molar-refractivity contribution is -0.121. The van der Waals surface area contributed by atoms with Gasteiger partial charge in [-0.1, -0.05) is 30.3 Å². The van der Waals surface area contributed by atoms with Crippen LogP contribution in [0, 0.1) is 12.7 Å². The van der Waals surface area contributed by atoms with Gasteiger partial charge >= 0.3 is 0 Å². The van der Waals surface area contributed by atoms with E-state index in [1.165, 1.54) is 6.07 Å². The third kappa shape index (κ3) is 4.88. The number of imidazole rings is 1. The Labute approximate surface area is 198 Å². The van der Waals surface area contributed by atoms with Crippen molar-refractivity contribution in [1.29, 1.82) is 0 Å². The third-order valence-corrected chi connectivity index (χ3v) is 5.97. The summed E-state index contributed by atoms with van der Waals surface area (Å²) in [5, 5.41) is 2.98. The van der Waals surface area contributed by atoms with Crippen molar-refractivity contribution in [1.82, 2.24) is 14.7 Å². The van der Waals surface area contributed by atoms with E-state index < -0.39 is 5.92 Å². The SMILES string of the molecule is COc1ccc(CCNC(=O)CC(c2ccccc2F)c2cnc3c(C)cccn23)cc1OC. The Morgan fingerprint density at radius 1 is 1.09 bits per heavy atom. The summed E-state index contributed by atoms with van der Waals surface area (Å²) in [6, 6.07) is 16.2. The Morgan fingerprint density at radius 3 is 2.65 bits per heavy atom. The van der Waals surface area contributed by atoms with Crippen LogP contribution in [0.3, 0.4) is 0 Å². The molecule has 0 aliphatic rings. The zero-order chi connectivity index (χ0) is 24.1. The minimum absolute atomic E-state index is 0.106. The van der Waals surface area contributed by atoms with E-state index in [9.17, 15) is 9.18 Å². The van der Waals surface area contributed by atoms with Gasteiger partial charge in [-0.15, -0.1) is 0 Å². The van der Waals surface area contributed by atoms with Gasteiger partial charge in [-0.3, -0.25) is 4.79 Å². The van der Waals surface area contributed by atoms with Gasteiger partial charge in [-0.25, -0.2) is 9.37 Å². The number of benzene rings is 2. The normalized spacial score (nSPS) is 11.9. The quantitative estimate of drug-likeness (QED) is 0.393. The van der Waals surface area contributed by atoms with Crippen LogP contribution in [-0.2, 0) is 11.2 Å². The number of aromatic nitrogens is 2. The Morgan fingerprint density at radius 2 is 1.88 bits per heavy atom. The zero-order valence-electron chi connectivity index (χ0n) is 19.5. The molecule has 1 atom stereocenters. The smallest absolute Gasteiger partial charge is 0.221 e. The summed E-state index contributed by atoms with van der Waals surface area (Å²) in [7, 11) is 3.18. The summed E-state index contributed by atoms with van der Waals surface area (Å²) in [4.78, 5) is 17.5. The minimum Gasteiger partial charge on any atom is -0.493 e. The van der Waals surface area contributed by atoms with Crippen LogP contribution >= 0.6 is 0 Å². The van der Waals surface area contributed by atoms with Crippen LogP contribution in [0.25, 0.3) is 5.65 Å². The predicted octanol–water partition coefficient (Wildman–Crippen LogP) is 4.68. The fourth-order valence-electron chi connectivity index (χ4n) is 4.20. The second-order valence-electron chi connectivity index (χ2n) is 8.14. The first kappa shape index (κ1) is 23.3. The van der Waals surface area contributed by atoms with Gasteiger partial charge in [0.05, 0.1) is 19.9 Å². The zero-order valence-corrected chi connectivity index (χ0v) is 19.5. The first-order valence-electron chi connectivity index (χ1n) is 11.2. The molecule has 0 radical (unpaired) electrons. The van der Waals surface area contributed by atoms with E-state index in [4.69, 9.17) is 9.47 Å². The van der Waals surface area contributed by atoms with E-state index in [0.717, 1.165) is 22.5 Å². The summed E-state index contributed by atoms with van der Waals surface area (Å²) in [6.45, 7) is 2.43. The molecular weight excluding hydrogens is 433 g/mol. The highest BCUT2D eigenvalue weighted by atomic mass is 19.1. The van der Waals surface area contributed by atoms with E-state index in [2.05, 4.69) is 10.3 Å². The van der Waals surface area contributed by atoms with Gasteiger partial charge in [0.1, 0.15) is 11.5 Å². The van der Waals surface area contributed by atoms with Crippen molar-refractivity contribution in [2.75, 3.05) is 20.8 Å². The third-order valence-electron chi connectivity index (χ3n) is 5.97. The number of ether oxygens (including phenoxy) is 2. The highest BCUT2D eigenvalue weighted by molar-refractivity contribution is 5.77. The largest absolute Gasteiger partial charge is 0.493 e. The van der Waals surface area contributed by atoms with Crippen LogP contribution < -0.4 is 14.8 Å². The van der Waals surface area contributed by atoms with Gasteiger partial charge in [-0.2, -0.15) is 0 Å². The number of aryl methyl sites for hydroxylation is 1. The number of methoxy groups -OCH3 is 2. The van der Waals surface area contributed by atoms with Gasteiger partial charge in [-0.05, 0) is 54.3 Å². The molecule has 2 aromatic heterocycles. The van der Waals surface area contributed by atoms with Crippen LogP contribution in [0.2, 0.25) is 0 Å². The van der Waals surface area contributed by atoms with E-state index in [0.29, 0.717) is 30.0 Å². The van der Waals surface area contributed by atoms with E-state index in [-0.39, 0.29) is 18.1 Å². The molecular formula is C27H28FN3O3. The second-order valence-corrected chi connectivity index (χ2v) is 8.14. The van der Waals surface area contributed by atoms with Crippen LogP contribution in [0.5, 0.6) is 11.5 Å². The molecule has 6 nitrogen and oxygen atoms in total. The van der Waals surface area contributed by atoms with Crippen molar-refractivity contribution in [2.24, 2.45) is 0 Å². The summed E-state index contributed by atoms with van der Waals surface area (Å²) < 4.78 is 27.3. The number of hydrogen-bond donors (Lipinski definition) is 1. The van der Waals surface area contributed by atoms with Gasteiger partial charge in [0, 0.05) is 31.3 Å². The number of nitrogens with zero attached hydrogens (tertiary/aromatic N) is 2. The highest BCUT2D eigenvalue weighted by Gasteiger charge is 2.24. The molecule has 4 aromatic rings. The molecule has 34 heavy (non-hydrogen) atoms. The molecule has 1 unspecified atom stereocenters. The summed E-state index contributed by atoms with van der Waals surface area (Å²) in [5.74, 6) is 0.337. The molecule has 176 valence electrons. The van der Waals surface area contributed by atoms with Gasteiger partial charge < -0.3 is 19.2 Å². The first-order chi connectivity index (χ1) is 16.5. The molecule has 7 heteroatoms. The molecule has 0 saturated carbocycles. The lowest BCUT2D eigenvalue weighted by Gasteiger charge is -2.18. The number of halogens is 1. The number of rotatable bonds is 9. The molecule has 2 aromatic carbocycles. The van der Waals surface area contributed by atoms with Crippen molar-refractivity contribution in [2.45, 2.75) is 25.7 Å². The molecule has 0 aliphatic heterocycles. The van der Waals surface area contributed by atoms with E-state index in [1.54, 1.807) is 38.6 Å². The highest BCUT2D eigenvalue weighted by Crippen LogP contribution is 2.31. The van der Waals surface area contributed by atoms with Crippen molar-refractivity contribution in [3.63, 3.8) is 0 Å². The number of carbonyl (C=O) groups is 1. The standard InChI is InChI=1S/C27H28FN3O3/c1-18-7-6-14-31-23(17-30-27(18)31)21(20-8-4-5-9-22(20)28)16-26(32)29-13-12-19-10-11-24(33-2)25(15-19)34-3/h4-11,14-15,17,21H,12-13,16H2,1-3H3,(H,29,32). The number of hydrogen-bond acceptors (Lipinski definition) is 4. The topological polar surface area (TPSA) is 64.9 Å². The monoisotopic (exact) mass is 461 g/mol. The van der Waals surface area contributed by atoms with Crippen molar-refractivity contribution >= 4 is 11.6 Å². The summed E-state index contributed by atoms with van der Waals surface area (Å²) in [6.07, 6.45) is 4.36. The number of nitrogens with one attached hydrogen (secondary N) is 1. The molecule has 0 spiro atoms. The molecule has 0 bridgehead atoms. The molecule has 4 rings (SSSR count). The number of pyridine rings is 1. The van der Waals surface area contributed by atoms with Crippen molar-refractivity contribution in [3.05, 3.63) is 95.2 Å². The summed E-state index contributed by atoms with van der Waals surface area (Å²) >= 11 is 0. The number of amides is 1. The Balaban J connectivity index is 1.51. The molecule has 0 fully saturated rings. The molecule has 0 aliphatic carbocycles. The molecule has 0 saturated heterocycles. The van der Waals surface area contributed by atoms with Crippen LogP contribution in [0.4, 0.5) is 4.39 Å². The maximum absolute atomic E-state index is 14.8. The Hall–Kier alpha value is -3.87. The number of carbonyl (C=O) groups excluding carboxylic acids is 1. The Kier molecular flexibility index (Phi) is 7.11. The lowest BCUT2D eigenvalue weighted by atomic mass is 9.91. The fraction of sp³-hybridized carbons (Fsp3) is 0.259. The summed E-state index contributed by atoms with van der Waals surface area (Å²) in [5.41, 5.74) is 4.08.